The summed E-state index contributed by atoms with van der Waals surface area (Å²) in [5.41, 5.74) is 0. The Morgan fingerprint density at radius 1 is 1.00 bits per heavy atom. The summed E-state index contributed by atoms with van der Waals surface area (Å²) in [6.07, 6.45) is 6.67. The van der Waals surface area contributed by atoms with Gasteiger partial charge in [-0.15, -0.1) is 0 Å². The van der Waals surface area contributed by atoms with E-state index in [0.717, 1.165) is 38.9 Å². The average molecular weight is 262 g/mol. The monoisotopic (exact) mass is 262 g/mol. The van der Waals surface area contributed by atoms with Gasteiger partial charge in [-0.2, -0.15) is 0 Å². The molecule has 0 aliphatic carbocycles. The minimum atomic E-state index is -3.03. The van der Waals surface area contributed by atoms with Crippen molar-refractivity contribution in [3.8, 4) is 0 Å². The Hall–Kier alpha value is -0.130. The predicted octanol–water partition coefficient (Wildman–Crippen LogP) is 1.58. The fraction of sp³-hybridized carbons (Fsp3) is 1.00. The van der Waals surface area contributed by atoms with Crippen molar-refractivity contribution in [2.45, 2.75) is 45.4 Å². The molecule has 0 atom stereocenters. The van der Waals surface area contributed by atoms with Crippen LogP contribution in [0.2, 0.25) is 0 Å². The molecule has 0 aromatic carbocycles. The van der Waals surface area contributed by atoms with E-state index in [1.165, 1.54) is 19.3 Å². The number of hydrogen-bond donors (Lipinski definition) is 1. The van der Waals surface area contributed by atoms with Gasteiger partial charge in [0.25, 0.3) is 0 Å². The van der Waals surface area contributed by atoms with Crippen LogP contribution in [0.15, 0.2) is 0 Å². The van der Waals surface area contributed by atoms with Gasteiger partial charge in [0.15, 0.2) is 0 Å². The summed E-state index contributed by atoms with van der Waals surface area (Å²) in [4.78, 5) is 0. The molecule has 1 rings (SSSR count). The Labute approximate surface area is 106 Å². The first-order chi connectivity index (χ1) is 8.17. The van der Waals surface area contributed by atoms with Gasteiger partial charge >= 0.3 is 0 Å². The van der Waals surface area contributed by atoms with Gasteiger partial charge in [-0.25, -0.2) is 12.7 Å². The second-order valence-corrected chi connectivity index (χ2v) is 6.82. The lowest BCUT2D eigenvalue weighted by Gasteiger charge is -2.24. The van der Waals surface area contributed by atoms with Gasteiger partial charge in [0.05, 0.1) is 5.75 Å². The Kier molecular flexibility index (Phi) is 7.08. The number of sulfonamides is 1. The van der Waals surface area contributed by atoms with Crippen LogP contribution >= 0.6 is 0 Å². The third-order valence-electron chi connectivity index (χ3n) is 3.17. The molecule has 1 N–H and O–H groups in total. The van der Waals surface area contributed by atoms with Crippen LogP contribution in [0.25, 0.3) is 0 Å². The molecule has 102 valence electrons. The first kappa shape index (κ1) is 14.9. The molecule has 1 saturated heterocycles. The Balaban J connectivity index is 2.37. The van der Waals surface area contributed by atoms with Gasteiger partial charge in [-0.1, -0.05) is 26.2 Å². The highest BCUT2D eigenvalue weighted by Gasteiger charge is 2.21. The molecule has 0 radical (unpaired) electrons. The van der Waals surface area contributed by atoms with E-state index in [2.05, 4.69) is 12.2 Å². The minimum Gasteiger partial charge on any atom is -0.316 e. The summed E-state index contributed by atoms with van der Waals surface area (Å²) in [6.45, 7) is 4.99. The normalized spacial score (nSPS) is 19.8. The zero-order chi connectivity index (χ0) is 12.6. The zero-order valence-electron chi connectivity index (χ0n) is 11.0. The van der Waals surface area contributed by atoms with Gasteiger partial charge in [0.1, 0.15) is 0 Å². The highest BCUT2D eigenvalue weighted by atomic mass is 32.2. The first-order valence-corrected chi connectivity index (χ1v) is 8.46. The standard InChI is InChI=1S/C12H26N2O2S/c1-2-8-13-9-12-17(15,16)14-10-6-4-3-5-7-11-14/h13H,2-12H2,1H3. The molecule has 17 heavy (non-hydrogen) atoms. The third-order valence-corrected chi connectivity index (χ3v) is 5.04. The van der Waals surface area contributed by atoms with Gasteiger partial charge in [0, 0.05) is 19.6 Å². The predicted molar refractivity (Wildman–Crippen MR) is 71.6 cm³/mol. The second kappa shape index (κ2) is 8.06. The number of hydrogen-bond acceptors (Lipinski definition) is 3. The average Bonchev–Trinajstić information content (AvgIpc) is 2.23. The number of rotatable bonds is 6. The van der Waals surface area contributed by atoms with Crippen LogP contribution in [0.5, 0.6) is 0 Å². The molecule has 0 bridgehead atoms. The van der Waals surface area contributed by atoms with Crippen molar-refractivity contribution in [3.63, 3.8) is 0 Å². The zero-order valence-corrected chi connectivity index (χ0v) is 11.8. The summed E-state index contributed by atoms with van der Waals surface area (Å²) in [7, 11) is -3.03. The van der Waals surface area contributed by atoms with Crippen LogP contribution in [0, 0.1) is 0 Å². The van der Waals surface area contributed by atoms with Gasteiger partial charge in [-0.05, 0) is 25.8 Å². The van der Waals surface area contributed by atoms with Gasteiger partial charge in [-0.3, -0.25) is 0 Å². The van der Waals surface area contributed by atoms with E-state index in [1.54, 1.807) is 4.31 Å². The minimum absolute atomic E-state index is 0.243. The molecule has 1 heterocycles. The lowest BCUT2D eigenvalue weighted by atomic mass is 10.1. The smallest absolute Gasteiger partial charge is 0.215 e. The molecular weight excluding hydrogens is 236 g/mol. The molecular formula is C12H26N2O2S. The Morgan fingerprint density at radius 3 is 2.18 bits per heavy atom. The molecule has 0 saturated carbocycles. The van der Waals surface area contributed by atoms with E-state index in [1.807, 2.05) is 0 Å². The van der Waals surface area contributed by atoms with Crippen molar-refractivity contribution in [3.05, 3.63) is 0 Å². The molecule has 1 fully saturated rings. The maximum Gasteiger partial charge on any atom is 0.215 e. The molecule has 1 aliphatic heterocycles. The van der Waals surface area contributed by atoms with Crippen LogP contribution in [0.1, 0.15) is 45.4 Å². The quantitative estimate of drug-likeness (QED) is 0.739. The highest BCUT2D eigenvalue weighted by Crippen LogP contribution is 2.13. The lowest BCUT2D eigenvalue weighted by molar-refractivity contribution is 0.364. The maximum absolute atomic E-state index is 12.1. The fourth-order valence-corrected chi connectivity index (χ4v) is 3.60. The molecule has 0 spiro atoms. The topological polar surface area (TPSA) is 49.4 Å². The van der Waals surface area contributed by atoms with Crippen molar-refractivity contribution < 1.29 is 8.42 Å². The molecule has 5 heteroatoms. The Bertz CT molecular complexity index is 283. The molecule has 4 nitrogen and oxygen atoms in total. The van der Waals surface area contributed by atoms with Crippen LogP contribution in [0.3, 0.4) is 0 Å². The van der Waals surface area contributed by atoms with Crippen molar-refractivity contribution in [1.82, 2.24) is 9.62 Å². The van der Waals surface area contributed by atoms with Gasteiger partial charge < -0.3 is 5.32 Å². The fourth-order valence-electron chi connectivity index (χ4n) is 2.13. The second-order valence-electron chi connectivity index (χ2n) is 4.73. The van der Waals surface area contributed by atoms with E-state index in [4.69, 9.17) is 0 Å². The van der Waals surface area contributed by atoms with E-state index in [0.29, 0.717) is 6.54 Å². The molecule has 0 aromatic heterocycles. The summed E-state index contributed by atoms with van der Waals surface area (Å²) in [6, 6.07) is 0. The van der Waals surface area contributed by atoms with Crippen LogP contribution < -0.4 is 5.32 Å². The van der Waals surface area contributed by atoms with E-state index in [9.17, 15) is 8.42 Å². The van der Waals surface area contributed by atoms with E-state index < -0.39 is 10.0 Å². The van der Waals surface area contributed by atoms with Crippen LogP contribution in [-0.4, -0.2) is 44.7 Å². The first-order valence-electron chi connectivity index (χ1n) is 6.85. The van der Waals surface area contributed by atoms with E-state index in [-0.39, 0.29) is 5.75 Å². The highest BCUT2D eigenvalue weighted by molar-refractivity contribution is 7.89. The lowest BCUT2D eigenvalue weighted by Crippen LogP contribution is -2.38. The van der Waals surface area contributed by atoms with Gasteiger partial charge in [0.2, 0.25) is 10.0 Å². The van der Waals surface area contributed by atoms with Crippen molar-refractivity contribution >= 4 is 10.0 Å². The molecule has 0 amide bonds. The molecule has 0 unspecified atom stereocenters. The molecule has 0 aromatic rings. The van der Waals surface area contributed by atoms with Crippen molar-refractivity contribution in [2.75, 3.05) is 31.9 Å². The summed E-state index contributed by atoms with van der Waals surface area (Å²) in [5, 5.41) is 3.15. The summed E-state index contributed by atoms with van der Waals surface area (Å²) < 4.78 is 25.9. The summed E-state index contributed by atoms with van der Waals surface area (Å²) in [5.74, 6) is 0.243. The van der Waals surface area contributed by atoms with Crippen molar-refractivity contribution in [2.24, 2.45) is 0 Å². The summed E-state index contributed by atoms with van der Waals surface area (Å²) >= 11 is 0. The van der Waals surface area contributed by atoms with E-state index >= 15 is 0 Å². The SMILES string of the molecule is CCCNCCS(=O)(=O)N1CCCCCCC1. The van der Waals surface area contributed by atoms with Crippen LogP contribution in [0.4, 0.5) is 0 Å². The Morgan fingerprint density at radius 2 is 1.59 bits per heavy atom. The third kappa shape index (κ3) is 5.84. The van der Waals surface area contributed by atoms with Crippen LogP contribution in [-0.2, 0) is 10.0 Å². The van der Waals surface area contributed by atoms with Crippen molar-refractivity contribution in [1.29, 1.82) is 0 Å². The molecule has 1 aliphatic rings. The maximum atomic E-state index is 12.1. The largest absolute Gasteiger partial charge is 0.316 e. The number of nitrogens with zero attached hydrogens (tertiary/aromatic N) is 1. The number of nitrogens with one attached hydrogen (secondary N) is 1.